The number of allylic oxidation sites excluding steroid dienone is 1. The molecule has 5 nitrogen and oxygen atoms in total. The molecule has 0 saturated heterocycles. The number of para-hydroxylation sites is 1. The van der Waals surface area contributed by atoms with Gasteiger partial charge in [0.15, 0.2) is 11.0 Å². The fraction of sp³-hybridized carbons (Fsp3) is 0.227. The summed E-state index contributed by atoms with van der Waals surface area (Å²) in [5, 5.41) is 12.1. The van der Waals surface area contributed by atoms with E-state index in [1.165, 1.54) is 11.8 Å². The largest absolute Gasteiger partial charge is 0.325 e. The van der Waals surface area contributed by atoms with Crippen molar-refractivity contribution >= 4 is 23.4 Å². The molecule has 0 saturated carbocycles. The number of aryl methyl sites for hydroxylation is 2. The van der Waals surface area contributed by atoms with Gasteiger partial charge in [-0.25, -0.2) is 0 Å². The van der Waals surface area contributed by atoms with Crippen molar-refractivity contribution < 1.29 is 4.79 Å². The van der Waals surface area contributed by atoms with E-state index in [4.69, 9.17) is 0 Å². The second-order valence-electron chi connectivity index (χ2n) is 6.59. The van der Waals surface area contributed by atoms with Crippen LogP contribution in [0, 0.1) is 13.8 Å². The van der Waals surface area contributed by atoms with Crippen LogP contribution in [-0.4, -0.2) is 25.9 Å². The standard InChI is InChI=1S/C22H24N4OS/c1-5-14-26-20(18-12-7-6-8-13-18)24-25-22(26)28-17(4)21(27)23-19-15(2)10-9-11-16(19)3/h5-13,17H,1,14H2,2-4H3,(H,23,27)/t17-/m1/s1. The van der Waals surface area contributed by atoms with Crippen molar-refractivity contribution in [3.8, 4) is 11.4 Å². The lowest BCUT2D eigenvalue weighted by atomic mass is 10.1. The van der Waals surface area contributed by atoms with Crippen LogP contribution in [0.2, 0.25) is 0 Å². The summed E-state index contributed by atoms with van der Waals surface area (Å²) in [6, 6.07) is 15.9. The zero-order valence-electron chi connectivity index (χ0n) is 16.3. The Labute approximate surface area is 169 Å². The van der Waals surface area contributed by atoms with Gasteiger partial charge in [0.2, 0.25) is 5.91 Å². The fourth-order valence-electron chi connectivity index (χ4n) is 2.92. The number of aromatic nitrogens is 3. The van der Waals surface area contributed by atoms with Gasteiger partial charge in [-0.3, -0.25) is 9.36 Å². The Morgan fingerprint density at radius 3 is 2.46 bits per heavy atom. The minimum atomic E-state index is -0.324. The summed E-state index contributed by atoms with van der Waals surface area (Å²) in [5.41, 5.74) is 3.95. The molecule has 0 bridgehead atoms. The third-order valence-corrected chi connectivity index (χ3v) is 5.52. The second-order valence-corrected chi connectivity index (χ2v) is 7.90. The molecule has 0 aliphatic rings. The van der Waals surface area contributed by atoms with Crippen molar-refractivity contribution in [1.29, 1.82) is 0 Å². The highest BCUT2D eigenvalue weighted by Crippen LogP contribution is 2.28. The summed E-state index contributed by atoms with van der Waals surface area (Å²) in [6.45, 7) is 10.3. The molecule has 0 aliphatic heterocycles. The van der Waals surface area contributed by atoms with Gasteiger partial charge in [0.25, 0.3) is 0 Å². The molecule has 1 N–H and O–H groups in total. The van der Waals surface area contributed by atoms with Crippen LogP contribution in [0.3, 0.4) is 0 Å². The van der Waals surface area contributed by atoms with Gasteiger partial charge in [-0.15, -0.1) is 16.8 Å². The molecule has 6 heteroatoms. The van der Waals surface area contributed by atoms with Crippen LogP contribution in [-0.2, 0) is 11.3 Å². The van der Waals surface area contributed by atoms with E-state index in [1.807, 2.05) is 73.9 Å². The number of nitrogens with zero attached hydrogens (tertiary/aromatic N) is 3. The predicted molar refractivity (Wildman–Crippen MR) is 116 cm³/mol. The summed E-state index contributed by atoms with van der Waals surface area (Å²) in [5.74, 6) is 0.710. The molecular formula is C22H24N4OS. The Bertz CT molecular complexity index is 961. The first kappa shape index (κ1) is 19.9. The van der Waals surface area contributed by atoms with Crippen LogP contribution < -0.4 is 5.32 Å². The van der Waals surface area contributed by atoms with Crippen molar-refractivity contribution in [1.82, 2.24) is 14.8 Å². The average Bonchev–Trinajstić information content (AvgIpc) is 3.08. The number of nitrogens with one attached hydrogen (secondary N) is 1. The zero-order valence-corrected chi connectivity index (χ0v) is 17.2. The minimum Gasteiger partial charge on any atom is -0.325 e. The smallest absolute Gasteiger partial charge is 0.237 e. The number of benzene rings is 2. The zero-order chi connectivity index (χ0) is 20.1. The average molecular weight is 393 g/mol. The number of hydrogen-bond donors (Lipinski definition) is 1. The van der Waals surface area contributed by atoms with Crippen molar-refractivity contribution in [2.75, 3.05) is 5.32 Å². The third-order valence-electron chi connectivity index (χ3n) is 4.44. The molecule has 0 aliphatic carbocycles. The molecule has 28 heavy (non-hydrogen) atoms. The monoisotopic (exact) mass is 392 g/mol. The summed E-state index contributed by atoms with van der Waals surface area (Å²) in [6.07, 6.45) is 1.81. The van der Waals surface area contributed by atoms with Gasteiger partial charge in [0.1, 0.15) is 0 Å². The maximum absolute atomic E-state index is 12.8. The Balaban J connectivity index is 1.80. The van der Waals surface area contributed by atoms with Crippen LogP contribution >= 0.6 is 11.8 Å². The fourth-order valence-corrected chi connectivity index (χ4v) is 3.78. The summed E-state index contributed by atoms with van der Waals surface area (Å²) >= 11 is 1.39. The van der Waals surface area contributed by atoms with Crippen molar-refractivity contribution in [2.45, 2.75) is 37.7 Å². The number of carbonyl (C=O) groups is 1. The van der Waals surface area contributed by atoms with E-state index in [2.05, 4.69) is 22.1 Å². The first-order valence-corrected chi connectivity index (χ1v) is 10.0. The van der Waals surface area contributed by atoms with Gasteiger partial charge < -0.3 is 5.32 Å². The van der Waals surface area contributed by atoms with Crippen LogP contribution in [0.25, 0.3) is 11.4 Å². The number of thioether (sulfide) groups is 1. The molecule has 3 aromatic rings. The molecule has 1 heterocycles. The molecule has 1 aromatic heterocycles. The lowest BCUT2D eigenvalue weighted by Crippen LogP contribution is -2.24. The highest BCUT2D eigenvalue weighted by molar-refractivity contribution is 8.00. The SMILES string of the molecule is C=CCn1c(S[C@H](C)C(=O)Nc2c(C)cccc2C)nnc1-c1ccccc1. The molecule has 2 aromatic carbocycles. The first-order chi connectivity index (χ1) is 13.5. The van der Waals surface area contributed by atoms with E-state index in [0.29, 0.717) is 11.7 Å². The maximum atomic E-state index is 12.8. The van der Waals surface area contributed by atoms with Crippen molar-refractivity contribution in [2.24, 2.45) is 0 Å². The van der Waals surface area contributed by atoms with E-state index in [9.17, 15) is 4.79 Å². The predicted octanol–water partition coefficient (Wildman–Crippen LogP) is 4.87. The first-order valence-electron chi connectivity index (χ1n) is 9.14. The topological polar surface area (TPSA) is 59.8 Å². The van der Waals surface area contributed by atoms with E-state index in [1.54, 1.807) is 6.08 Å². The Hall–Kier alpha value is -2.86. The van der Waals surface area contributed by atoms with Gasteiger partial charge in [0.05, 0.1) is 5.25 Å². The molecule has 3 rings (SSSR count). The van der Waals surface area contributed by atoms with Crippen LogP contribution in [0.5, 0.6) is 0 Å². The van der Waals surface area contributed by atoms with Gasteiger partial charge in [0, 0.05) is 17.8 Å². The lowest BCUT2D eigenvalue weighted by Gasteiger charge is -2.15. The van der Waals surface area contributed by atoms with E-state index >= 15 is 0 Å². The van der Waals surface area contributed by atoms with Gasteiger partial charge in [-0.05, 0) is 31.9 Å². The van der Waals surface area contributed by atoms with Crippen LogP contribution in [0.4, 0.5) is 5.69 Å². The molecule has 0 spiro atoms. The Kier molecular flexibility index (Phi) is 6.31. The van der Waals surface area contributed by atoms with Gasteiger partial charge in [-0.2, -0.15) is 0 Å². The number of rotatable bonds is 7. The second kappa shape index (κ2) is 8.89. The lowest BCUT2D eigenvalue weighted by molar-refractivity contribution is -0.115. The number of anilines is 1. The molecule has 1 amide bonds. The number of carbonyl (C=O) groups excluding carboxylic acids is 1. The van der Waals surface area contributed by atoms with E-state index in [0.717, 1.165) is 28.2 Å². The molecule has 0 radical (unpaired) electrons. The summed E-state index contributed by atoms with van der Waals surface area (Å²) in [4.78, 5) is 12.8. The summed E-state index contributed by atoms with van der Waals surface area (Å²) in [7, 11) is 0. The van der Waals surface area contributed by atoms with Gasteiger partial charge in [-0.1, -0.05) is 66.4 Å². The van der Waals surface area contributed by atoms with Crippen LogP contribution in [0.1, 0.15) is 18.1 Å². The van der Waals surface area contributed by atoms with Crippen molar-refractivity contribution in [3.05, 3.63) is 72.3 Å². The Morgan fingerprint density at radius 1 is 1.14 bits per heavy atom. The number of amides is 1. The molecule has 0 fully saturated rings. The minimum absolute atomic E-state index is 0.0585. The molecule has 0 unspecified atom stereocenters. The molecular weight excluding hydrogens is 368 g/mol. The highest BCUT2D eigenvalue weighted by Gasteiger charge is 2.21. The summed E-state index contributed by atoms with van der Waals surface area (Å²) < 4.78 is 1.98. The van der Waals surface area contributed by atoms with E-state index in [-0.39, 0.29) is 11.2 Å². The molecule has 144 valence electrons. The van der Waals surface area contributed by atoms with Gasteiger partial charge >= 0.3 is 0 Å². The highest BCUT2D eigenvalue weighted by atomic mass is 32.2. The van der Waals surface area contributed by atoms with Crippen molar-refractivity contribution in [3.63, 3.8) is 0 Å². The molecule has 1 atom stereocenters. The third kappa shape index (κ3) is 4.34. The Morgan fingerprint density at radius 2 is 1.82 bits per heavy atom. The quantitative estimate of drug-likeness (QED) is 0.460. The number of hydrogen-bond acceptors (Lipinski definition) is 4. The van der Waals surface area contributed by atoms with E-state index < -0.39 is 0 Å². The maximum Gasteiger partial charge on any atom is 0.237 e. The van der Waals surface area contributed by atoms with Crippen LogP contribution in [0.15, 0.2) is 66.3 Å². The normalized spacial score (nSPS) is 11.8.